The van der Waals surface area contributed by atoms with Gasteiger partial charge in [-0.05, 0) is 72.4 Å². The number of aryl methyl sites for hydroxylation is 1. The molecule has 1 aliphatic rings. The Hall–Kier alpha value is -3.87. The fourth-order valence-corrected chi connectivity index (χ4v) is 5.37. The highest BCUT2D eigenvalue weighted by molar-refractivity contribution is 5.74. The molecule has 0 radical (unpaired) electrons. The number of aromatic amines is 1. The van der Waals surface area contributed by atoms with Crippen molar-refractivity contribution >= 4 is 11.0 Å². The number of fused-ring (bicyclic) bond motifs is 2. The highest BCUT2D eigenvalue weighted by Crippen LogP contribution is 2.35. The smallest absolute Gasteiger partial charge is 0.121 e. The predicted octanol–water partition coefficient (Wildman–Crippen LogP) is 5.56. The molecule has 2 aromatic carbocycles. The van der Waals surface area contributed by atoms with Crippen molar-refractivity contribution in [1.82, 2.24) is 24.8 Å². The fourth-order valence-electron chi connectivity index (χ4n) is 5.37. The highest BCUT2D eigenvalue weighted by atomic mass is 15.2. The zero-order valence-electron chi connectivity index (χ0n) is 20.3. The molecule has 3 heterocycles. The Morgan fingerprint density at radius 2 is 1.78 bits per heavy atom. The first kappa shape index (κ1) is 22.6. The monoisotopic (exact) mass is 474 g/mol. The average Bonchev–Trinajstić information content (AvgIpc) is 3.35. The number of nitrogens with one attached hydrogen (secondary N) is 1. The van der Waals surface area contributed by atoms with Gasteiger partial charge in [-0.2, -0.15) is 0 Å². The molecule has 0 saturated carbocycles. The number of benzene rings is 2. The van der Waals surface area contributed by atoms with Gasteiger partial charge in [-0.25, -0.2) is 4.98 Å². The van der Waals surface area contributed by atoms with E-state index in [0.29, 0.717) is 13.1 Å². The molecule has 6 heteroatoms. The zero-order chi connectivity index (χ0) is 24.3. The highest BCUT2D eigenvalue weighted by Gasteiger charge is 2.28. The van der Waals surface area contributed by atoms with E-state index in [2.05, 4.69) is 51.3 Å². The molecule has 3 N–H and O–H groups in total. The van der Waals surface area contributed by atoms with Crippen LogP contribution < -0.4 is 5.73 Å². The molecule has 6 rings (SSSR count). The molecule has 0 saturated heterocycles. The molecule has 1 aliphatic carbocycles. The van der Waals surface area contributed by atoms with E-state index < -0.39 is 0 Å². The molecular formula is C30H30N6. The number of nitrogens with two attached hydrogens (primary N) is 1. The third kappa shape index (κ3) is 4.53. The largest absolute Gasteiger partial charge is 0.341 e. The Kier molecular flexibility index (Phi) is 6.28. The maximum atomic E-state index is 6.26. The van der Waals surface area contributed by atoms with Gasteiger partial charge in [0, 0.05) is 31.0 Å². The third-order valence-corrected chi connectivity index (χ3v) is 7.16. The average molecular weight is 475 g/mol. The van der Waals surface area contributed by atoms with Gasteiger partial charge in [-0.1, -0.05) is 36.4 Å². The van der Waals surface area contributed by atoms with Crippen molar-refractivity contribution in [3.63, 3.8) is 0 Å². The Morgan fingerprint density at radius 1 is 0.889 bits per heavy atom. The molecule has 0 spiro atoms. The van der Waals surface area contributed by atoms with E-state index in [4.69, 9.17) is 15.7 Å². The lowest BCUT2D eigenvalue weighted by molar-refractivity contribution is 0.153. The first-order chi connectivity index (χ1) is 17.8. The lowest BCUT2D eigenvalue weighted by atomic mass is 9.90. The minimum absolute atomic E-state index is 0.226. The Balaban J connectivity index is 1.36. The SMILES string of the molecule is NCc1cc(-c2ccccn2)ccc1CN(Cc1nc2ccccc2[nH]1)C1CCCc2cccnc21. The first-order valence-corrected chi connectivity index (χ1v) is 12.6. The Bertz CT molecular complexity index is 1440. The summed E-state index contributed by atoms with van der Waals surface area (Å²) in [5.41, 5.74) is 15.3. The van der Waals surface area contributed by atoms with Crippen LogP contribution >= 0.6 is 0 Å². The molecule has 1 atom stereocenters. The van der Waals surface area contributed by atoms with Crippen LogP contribution in [0, 0.1) is 0 Å². The Labute approximate surface area is 211 Å². The number of hydrogen-bond donors (Lipinski definition) is 2. The molecular weight excluding hydrogens is 444 g/mol. The second kappa shape index (κ2) is 10.0. The normalized spacial score (nSPS) is 15.3. The summed E-state index contributed by atoms with van der Waals surface area (Å²) in [6.45, 7) is 1.96. The summed E-state index contributed by atoms with van der Waals surface area (Å²) in [4.78, 5) is 20.3. The van der Waals surface area contributed by atoms with E-state index in [0.717, 1.165) is 59.5 Å². The predicted molar refractivity (Wildman–Crippen MR) is 143 cm³/mol. The van der Waals surface area contributed by atoms with Gasteiger partial charge >= 0.3 is 0 Å². The summed E-state index contributed by atoms with van der Waals surface area (Å²) in [6.07, 6.45) is 7.07. The van der Waals surface area contributed by atoms with Crippen molar-refractivity contribution in [2.45, 2.75) is 44.9 Å². The summed E-state index contributed by atoms with van der Waals surface area (Å²) < 4.78 is 0. The van der Waals surface area contributed by atoms with Crippen molar-refractivity contribution in [3.05, 3.63) is 113 Å². The molecule has 0 amide bonds. The van der Waals surface area contributed by atoms with Gasteiger partial charge in [0.15, 0.2) is 0 Å². The van der Waals surface area contributed by atoms with Crippen LogP contribution in [0.5, 0.6) is 0 Å². The van der Waals surface area contributed by atoms with Gasteiger partial charge < -0.3 is 10.7 Å². The number of para-hydroxylation sites is 2. The Morgan fingerprint density at radius 3 is 2.64 bits per heavy atom. The van der Waals surface area contributed by atoms with Crippen molar-refractivity contribution in [2.24, 2.45) is 5.73 Å². The molecule has 0 aliphatic heterocycles. The van der Waals surface area contributed by atoms with E-state index in [1.807, 2.05) is 48.8 Å². The van der Waals surface area contributed by atoms with Crippen molar-refractivity contribution in [2.75, 3.05) is 0 Å². The summed E-state index contributed by atoms with van der Waals surface area (Å²) in [7, 11) is 0. The van der Waals surface area contributed by atoms with E-state index in [-0.39, 0.29) is 6.04 Å². The van der Waals surface area contributed by atoms with Crippen LogP contribution in [0.2, 0.25) is 0 Å². The van der Waals surface area contributed by atoms with Crippen LogP contribution in [0.3, 0.4) is 0 Å². The summed E-state index contributed by atoms with van der Waals surface area (Å²) in [6, 6.07) is 25.2. The number of aromatic nitrogens is 4. The standard InChI is InChI=1S/C30H30N6/c31-18-24-17-22(25-9-3-4-15-32-25)13-14-23(24)19-36(20-29-34-26-10-1-2-11-27(26)35-29)28-12-5-7-21-8-6-16-33-30(21)28/h1-4,6,8-11,13-17,28H,5,7,12,18-20,31H2,(H,34,35). The maximum absolute atomic E-state index is 6.26. The van der Waals surface area contributed by atoms with Gasteiger partial charge in [-0.3, -0.25) is 14.9 Å². The number of imidazole rings is 1. The van der Waals surface area contributed by atoms with Gasteiger partial charge in [0.05, 0.1) is 35.0 Å². The second-order valence-corrected chi connectivity index (χ2v) is 9.46. The minimum atomic E-state index is 0.226. The minimum Gasteiger partial charge on any atom is -0.341 e. The van der Waals surface area contributed by atoms with E-state index in [1.165, 1.54) is 16.8 Å². The fraction of sp³-hybridized carbons (Fsp3) is 0.233. The molecule has 1 unspecified atom stereocenters. The molecule has 0 fully saturated rings. The van der Waals surface area contributed by atoms with Crippen LogP contribution in [0.1, 0.15) is 47.1 Å². The van der Waals surface area contributed by atoms with Gasteiger partial charge in [0.25, 0.3) is 0 Å². The van der Waals surface area contributed by atoms with Crippen LogP contribution in [-0.2, 0) is 26.1 Å². The molecule has 3 aromatic heterocycles. The first-order valence-electron chi connectivity index (χ1n) is 12.6. The lowest BCUT2D eigenvalue weighted by Gasteiger charge is -2.35. The summed E-state index contributed by atoms with van der Waals surface area (Å²) in [5, 5.41) is 0. The van der Waals surface area contributed by atoms with Gasteiger partial charge in [0.1, 0.15) is 5.82 Å². The van der Waals surface area contributed by atoms with Crippen LogP contribution in [0.4, 0.5) is 0 Å². The van der Waals surface area contributed by atoms with Crippen LogP contribution in [0.15, 0.2) is 85.2 Å². The quantitative estimate of drug-likeness (QED) is 0.323. The summed E-state index contributed by atoms with van der Waals surface area (Å²) in [5.74, 6) is 0.971. The molecule has 36 heavy (non-hydrogen) atoms. The zero-order valence-corrected chi connectivity index (χ0v) is 20.3. The number of hydrogen-bond acceptors (Lipinski definition) is 5. The molecule has 5 aromatic rings. The van der Waals surface area contributed by atoms with E-state index in [1.54, 1.807) is 0 Å². The number of H-pyrrole nitrogens is 1. The van der Waals surface area contributed by atoms with Crippen molar-refractivity contribution in [1.29, 1.82) is 0 Å². The van der Waals surface area contributed by atoms with Gasteiger partial charge in [-0.15, -0.1) is 0 Å². The van der Waals surface area contributed by atoms with E-state index >= 15 is 0 Å². The number of rotatable bonds is 7. The molecule has 6 nitrogen and oxygen atoms in total. The topological polar surface area (TPSA) is 83.7 Å². The van der Waals surface area contributed by atoms with Crippen molar-refractivity contribution < 1.29 is 0 Å². The van der Waals surface area contributed by atoms with Crippen molar-refractivity contribution in [3.8, 4) is 11.3 Å². The third-order valence-electron chi connectivity index (χ3n) is 7.16. The van der Waals surface area contributed by atoms with Crippen LogP contribution in [0.25, 0.3) is 22.3 Å². The van der Waals surface area contributed by atoms with Crippen LogP contribution in [-0.4, -0.2) is 24.8 Å². The summed E-state index contributed by atoms with van der Waals surface area (Å²) >= 11 is 0. The number of nitrogens with zero attached hydrogens (tertiary/aromatic N) is 4. The van der Waals surface area contributed by atoms with E-state index in [9.17, 15) is 0 Å². The number of pyridine rings is 2. The maximum Gasteiger partial charge on any atom is 0.121 e. The second-order valence-electron chi connectivity index (χ2n) is 9.46. The molecule has 0 bridgehead atoms. The lowest BCUT2D eigenvalue weighted by Crippen LogP contribution is -2.32. The molecule has 180 valence electrons. The van der Waals surface area contributed by atoms with Gasteiger partial charge in [0.2, 0.25) is 0 Å².